The molecular formula is C34H45F2NO2. The average molecular weight is 538 g/mol. The van der Waals surface area contributed by atoms with Crippen LogP contribution >= 0.6 is 0 Å². The Labute approximate surface area is 233 Å². The number of allylic oxidation sites excluding steroid dienone is 1. The van der Waals surface area contributed by atoms with Gasteiger partial charge in [0.1, 0.15) is 22.9 Å². The number of anilines is 1. The van der Waals surface area contributed by atoms with E-state index in [-0.39, 0.29) is 40.7 Å². The highest BCUT2D eigenvalue weighted by molar-refractivity contribution is 5.91. The third-order valence-electron chi connectivity index (χ3n) is 10.7. The van der Waals surface area contributed by atoms with Crippen molar-refractivity contribution in [3.8, 4) is 11.8 Å². The topological polar surface area (TPSA) is 40.5 Å². The molecule has 3 fully saturated rings. The van der Waals surface area contributed by atoms with Crippen LogP contribution in [0, 0.1) is 58.0 Å². The number of halogens is 2. The molecule has 0 saturated heterocycles. The van der Waals surface area contributed by atoms with E-state index in [0.29, 0.717) is 36.7 Å². The highest BCUT2D eigenvalue weighted by Gasteiger charge is 2.64. The van der Waals surface area contributed by atoms with E-state index < -0.39 is 22.7 Å². The predicted molar refractivity (Wildman–Crippen MR) is 152 cm³/mol. The first-order chi connectivity index (χ1) is 18.1. The maximum atomic E-state index is 15.6. The summed E-state index contributed by atoms with van der Waals surface area (Å²) in [6.45, 7) is 12.2. The fourth-order valence-corrected chi connectivity index (χ4v) is 8.54. The molecule has 0 bridgehead atoms. The van der Waals surface area contributed by atoms with E-state index in [1.54, 1.807) is 24.1 Å². The Morgan fingerprint density at radius 2 is 1.74 bits per heavy atom. The number of benzene rings is 1. The van der Waals surface area contributed by atoms with Gasteiger partial charge >= 0.3 is 0 Å². The number of fused-ring (bicyclic) bond motifs is 5. The van der Waals surface area contributed by atoms with Crippen molar-refractivity contribution in [1.29, 1.82) is 0 Å². The van der Waals surface area contributed by atoms with Crippen LogP contribution in [0.3, 0.4) is 0 Å². The second kappa shape index (κ2) is 9.72. The van der Waals surface area contributed by atoms with Crippen LogP contribution in [0.5, 0.6) is 0 Å². The highest BCUT2D eigenvalue weighted by Crippen LogP contribution is 2.68. The summed E-state index contributed by atoms with van der Waals surface area (Å²) >= 11 is 0. The Morgan fingerprint density at radius 3 is 2.36 bits per heavy atom. The molecule has 0 unspecified atom stereocenters. The fraction of sp³-hybridized carbons (Fsp3) is 0.676. The molecule has 0 aromatic heterocycles. The van der Waals surface area contributed by atoms with Gasteiger partial charge in [-0.2, -0.15) is 0 Å². The first-order valence-corrected chi connectivity index (χ1v) is 14.9. The molecule has 5 heteroatoms. The SMILES string of the molecule is CC(C)N(C)c1c(F)cc([C@H]2C[C@@]3(C)[C@@H](CC[C@@]3(O)C#CC(C)(C)C)[C@@H]3CCC4=CC(=O)CC[C@@H]4[C@H]32)cc1F. The fourth-order valence-electron chi connectivity index (χ4n) is 8.54. The second-order valence-corrected chi connectivity index (χ2v) is 14.4. The average Bonchev–Trinajstić information content (AvgIpc) is 3.11. The van der Waals surface area contributed by atoms with Gasteiger partial charge in [-0.25, -0.2) is 8.78 Å². The summed E-state index contributed by atoms with van der Waals surface area (Å²) in [5.74, 6) is 6.69. The Hall–Kier alpha value is -2.19. The minimum atomic E-state index is -1.14. The first-order valence-electron chi connectivity index (χ1n) is 14.9. The summed E-state index contributed by atoms with van der Waals surface area (Å²) in [6.07, 6.45) is 7.20. The van der Waals surface area contributed by atoms with E-state index in [0.717, 1.165) is 25.7 Å². The number of rotatable bonds is 3. The van der Waals surface area contributed by atoms with Gasteiger partial charge < -0.3 is 10.0 Å². The van der Waals surface area contributed by atoms with E-state index in [2.05, 4.69) is 39.5 Å². The minimum absolute atomic E-state index is 0.00565. The van der Waals surface area contributed by atoms with E-state index in [1.165, 1.54) is 5.57 Å². The third-order valence-corrected chi connectivity index (χ3v) is 10.7. The summed E-state index contributed by atoms with van der Waals surface area (Å²) in [6, 6.07) is 3.05. The number of carbonyl (C=O) groups excluding carboxylic acids is 1. The minimum Gasteiger partial charge on any atom is -0.377 e. The third kappa shape index (κ3) is 4.75. The van der Waals surface area contributed by atoms with Crippen LogP contribution in [0.4, 0.5) is 14.5 Å². The number of hydrogen-bond acceptors (Lipinski definition) is 3. The van der Waals surface area contributed by atoms with Crippen molar-refractivity contribution in [3.05, 3.63) is 41.0 Å². The van der Waals surface area contributed by atoms with Crippen molar-refractivity contribution in [1.82, 2.24) is 0 Å². The van der Waals surface area contributed by atoms with E-state index in [1.807, 2.05) is 19.9 Å². The Balaban J connectivity index is 1.63. The molecule has 0 aliphatic heterocycles. The monoisotopic (exact) mass is 537 g/mol. The molecule has 0 radical (unpaired) electrons. The molecule has 0 spiro atoms. The van der Waals surface area contributed by atoms with Gasteiger partial charge in [0.25, 0.3) is 0 Å². The van der Waals surface area contributed by atoms with E-state index in [4.69, 9.17) is 0 Å². The van der Waals surface area contributed by atoms with Gasteiger partial charge in [-0.3, -0.25) is 4.79 Å². The van der Waals surface area contributed by atoms with Crippen molar-refractivity contribution in [3.63, 3.8) is 0 Å². The molecule has 3 saturated carbocycles. The van der Waals surface area contributed by atoms with Gasteiger partial charge in [-0.1, -0.05) is 24.3 Å². The van der Waals surface area contributed by atoms with Crippen LogP contribution in [0.25, 0.3) is 0 Å². The number of nitrogens with zero attached hydrogens (tertiary/aromatic N) is 1. The van der Waals surface area contributed by atoms with Crippen molar-refractivity contribution >= 4 is 11.5 Å². The molecule has 5 rings (SSSR count). The largest absolute Gasteiger partial charge is 0.377 e. The summed E-state index contributed by atoms with van der Waals surface area (Å²) in [7, 11) is 1.72. The number of aliphatic hydroxyl groups is 1. The van der Waals surface area contributed by atoms with Crippen LogP contribution in [-0.4, -0.2) is 29.6 Å². The van der Waals surface area contributed by atoms with Crippen LogP contribution in [0.1, 0.15) is 98.0 Å². The maximum Gasteiger partial charge on any atom is 0.155 e. The summed E-state index contributed by atoms with van der Waals surface area (Å²) in [4.78, 5) is 14.0. The Morgan fingerprint density at radius 1 is 1.08 bits per heavy atom. The van der Waals surface area contributed by atoms with E-state index in [9.17, 15) is 9.90 Å². The highest BCUT2D eigenvalue weighted by atomic mass is 19.1. The lowest BCUT2D eigenvalue weighted by Crippen LogP contribution is -2.54. The summed E-state index contributed by atoms with van der Waals surface area (Å²) in [5, 5.41) is 12.1. The quantitative estimate of drug-likeness (QED) is 0.408. The van der Waals surface area contributed by atoms with Crippen LogP contribution in [0.15, 0.2) is 23.8 Å². The van der Waals surface area contributed by atoms with Gasteiger partial charge in [-0.15, -0.1) is 0 Å². The second-order valence-electron chi connectivity index (χ2n) is 14.4. The normalized spacial score (nSPS) is 35.9. The number of carbonyl (C=O) groups is 1. The maximum absolute atomic E-state index is 15.6. The standard InChI is InChI=1S/C34H45F2NO2/c1-20(2)37(7)31-28(35)17-22(18-29(31)36)26-19-33(6)27(12-13-34(33,39)15-14-32(3,4)5)25-10-8-21-16-23(38)9-11-24(21)30(25)26/h16-18,20,24-27,30,39H,8-13,19H2,1-7H3/t24-,25-,26+,27-,30+,33-,34+/m0/s1. The van der Waals surface area contributed by atoms with Crippen LogP contribution < -0.4 is 4.90 Å². The molecule has 4 aliphatic carbocycles. The zero-order valence-corrected chi connectivity index (χ0v) is 24.7. The van der Waals surface area contributed by atoms with Gasteiger partial charge in [0.05, 0.1) is 0 Å². The molecule has 0 heterocycles. The van der Waals surface area contributed by atoms with Crippen molar-refractivity contribution in [2.75, 3.05) is 11.9 Å². The molecule has 0 amide bonds. The molecule has 3 nitrogen and oxygen atoms in total. The molecule has 1 aromatic carbocycles. The van der Waals surface area contributed by atoms with Gasteiger partial charge in [0, 0.05) is 30.3 Å². The van der Waals surface area contributed by atoms with Gasteiger partial charge in [-0.05, 0) is 127 Å². The lowest BCUT2D eigenvalue weighted by Gasteiger charge is -2.58. The Kier molecular flexibility index (Phi) is 7.06. The lowest BCUT2D eigenvalue weighted by molar-refractivity contribution is -0.117. The number of ketones is 1. The molecule has 39 heavy (non-hydrogen) atoms. The smallest absolute Gasteiger partial charge is 0.155 e. The van der Waals surface area contributed by atoms with Crippen LogP contribution in [-0.2, 0) is 4.79 Å². The molecule has 1 N–H and O–H groups in total. The van der Waals surface area contributed by atoms with Crippen molar-refractivity contribution in [2.45, 2.75) is 104 Å². The van der Waals surface area contributed by atoms with Gasteiger partial charge in [0.15, 0.2) is 5.78 Å². The van der Waals surface area contributed by atoms with Crippen molar-refractivity contribution < 1.29 is 18.7 Å². The predicted octanol–water partition coefficient (Wildman–Crippen LogP) is 7.43. The molecular weight excluding hydrogens is 492 g/mol. The lowest BCUT2D eigenvalue weighted by atomic mass is 9.46. The first kappa shape index (κ1) is 28.3. The molecule has 212 valence electrons. The zero-order valence-electron chi connectivity index (χ0n) is 24.7. The zero-order chi connectivity index (χ0) is 28.5. The Bertz CT molecular complexity index is 1230. The molecule has 1 aromatic rings. The van der Waals surface area contributed by atoms with Crippen LogP contribution in [0.2, 0.25) is 0 Å². The molecule has 7 atom stereocenters. The summed E-state index contributed by atoms with van der Waals surface area (Å²) < 4.78 is 31.3. The van der Waals surface area contributed by atoms with E-state index >= 15 is 8.78 Å². The van der Waals surface area contributed by atoms with Crippen molar-refractivity contribution in [2.24, 2.45) is 34.5 Å². The molecule has 4 aliphatic rings. The van der Waals surface area contributed by atoms with Gasteiger partial charge in [0.2, 0.25) is 0 Å². The summed E-state index contributed by atoms with van der Waals surface area (Å²) in [5.41, 5.74) is 0.0526. The number of hydrogen-bond donors (Lipinski definition) is 1.